The Hall–Kier alpha value is -4.67. The number of aliphatic hydroxyl groups excluding tert-OH is 1. The number of rotatable bonds is 22. The number of amides is 3. The number of aliphatic hydroxyl groups is 1. The van der Waals surface area contributed by atoms with Crippen LogP contribution in [0.15, 0.2) is 60.7 Å². The van der Waals surface area contributed by atoms with Crippen LogP contribution in [-0.2, 0) is 60.7 Å². The van der Waals surface area contributed by atoms with Crippen molar-refractivity contribution in [2.75, 3.05) is 27.7 Å². The summed E-state index contributed by atoms with van der Waals surface area (Å²) in [5.74, 6) is -3.20. The summed E-state index contributed by atoms with van der Waals surface area (Å²) >= 11 is 0. The van der Waals surface area contributed by atoms with Crippen LogP contribution in [0.5, 0.6) is 0 Å². The van der Waals surface area contributed by atoms with E-state index in [1.807, 2.05) is 54.6 Å². The molecule has 2 N–H and O–H groups in total. The highest BCUT2D eigenvalue weighted by Gasteiger charge is 2.76. The van der Waals surface area contributed by atoms with Gasteiger partial charge in [-0.2, -0.15) is 5.06 Å². The Bertz CT molecular complexity index is 2010. The van der Waals surface area contributed by atoms with Crippen LogP contribution < -0.4 is 5.32 Å². The van der Waals surface area contributed by atoms with Crippen LogP contribution in [0.1, 0.15) is 122 Å². The molecule has 2 aromatic rings. The molecule has 4 fully saturated rings. The van der Waals surface area contributed by atoms with Gasteiger partial charge in [0.15, 0.2) is 11.8 Å². The van der Waals surface area contributed by atoms with E-state index >= 15 is 4.79 Å². The quantitative estimate of drug-likeness (QED) is 0.0816. The summed E-state index contributed by atoms with van der Waals surface area (Å²) in [6, 6.07) is 13.7. The maximum atomic E-state index is 15.9. The van der Waals surface area contributed by atoms with Crippen LogP contribution in [0.2, 0.25) is 0 Å². The molecule has 0 aromatic heterocycles. The molecular formula is C51H72N4O11. The molecule has 2 aromatic carbocycles. The predicted octanol–water partition coefficient (Wildman–Crippen LogP) is 5.90. The Labute approximate surface area is 390 Å². The minimum absolute atomic E-state index is 0.0391. The van der Waals surface area contributed by atoms with E-state index in [0.717, 1.165) is 55.2 Å². The largest absolute Gasteiger partial charge is 0.460 e. The lowest BCUT2D eigenvalue weighted by Crippen LogP contribution is -2.70. The molecule has 8 atom stereocenters. The lowest BCUT2D eigenvalue weighted by molar-refractivity contribution is -0.225. The zero-order valence-electron chi connectivity index (χ0n) is 40.2. The van der Waals surface area contributed by atoms with Crippen LogP contribution in [-0.4, -0.2) is 131 Å². The highest BCUT2D eigenvalue weighted by molar-refractivity contribution is 5.96. The third kappa shape index (κ3) is 11.7. The molecule has 3 heterocycles. The van der Waals surface area contributed by atoms with Gasteiger partial charge in [-0.15, -0.1) is 0 Å². The lowest BCUT2D eigenvalue weighted by atomic mass is 9.62. The van der Waals surface area contributed by atoms with Gasteiger partial charge in [-0.1, -0.05) is 94.1 Å². The van der Waals surface area contributed by atoms with Crippen molar-refractivity contribution in [1.82, 2.24) is 20.2 Å². The Morgan fingerprint density at radius 2 is 1.58 bits per heavy atom. The number of ether oxygens (including phenoxy) is 4. The number of likely N-dealkylation sites (N-methyl/N-ethyl adjacent to an activating group) is 2. The molecule has 15 heteroatoms. The molecule has 362 valence electrons. The van der Waals surface area contributed by atoms with Crippen molar-refractivity contribution in [3.05, 3.63) is 77.4 Å². The van der Waals surface area contributed by atoms with Gasteiger partial charge in [0.2, 0.25) is 17.7 Å². The van der Waals surface area contributed by atoms with Gasteiger partial charge < -0.3 is 39.2 Å². The smallest absolute Gasteiger partial charge is 0.327 e. The molecule has 15 nitrogen and oxygen atoms in total. The van der Waals surface area contributed by atoms with Crippen molar-refractivity contribution in [3.8, 4) is 0 Å². The number of nitrogens with zero attached hydrogens (tertiary/aromatic N) is 3. The van der Waals surface area contributed by atoms with E-state index in [1.165, 1.54) is 15.9 Å². The maximum Gasteiger partial charge on any atom is 0.327 e. The summed E-state index contributed by atoms with van der Waals surface area (Å²) in [4.78, 5) is 79.7. The van der Waals surface area contributed by atoms with Gasteiger partial charge in [-0.3, -0.25) is 28.8 Å². The molecule has 2 bridgehead atoms. The van der Waals surface area contributed by atoms with Crippen LogP contribution in [0.3, 0.4) is 0 Å². The van der Waals surface area contributed by atoms with Crippen LogP contribution in [0.4, 0.5) is 0 Å². The molecule has 2 unspecified atom stereocenters. The van der Waals surface area contributed by atoms with E-state index in [1.54, 1.807) is 53.1 Å². The van der Waals surface area contributed by atoms with Crippen molar-refractivity contribution in [2.24, 2.45) is 5.41 Å². The Balaban J connectivity index is 1.36. The third-order valence-corrected chi connectivity index (χ3v) is 13.2. The number of hydrogen-bond donors (Lipinski definition) is 2. The van der Waals surface area contributed by atoms with E-state index in [-0.39, 0.29) is 38.1 Å². The average Bonchev–Trinajstić information content (AvgIpc) is 3.84. The molecular weight excluding hydrogens is 845 g/mol. The number of carbonyl (C=O) groups is 5. The molecule has 1 saturated carbocycles. The topological polar surface area (TPSA) is 173 Å². The van der Waals surface area contributed by atoms with Gasteiger partial charge in [-0.25, -0.2) is 0 Å². The SMILES string of the molecule is CCCCCC1(CCCCC)O[C@@H]2[C@H]3ON(Cc4ccc(C=CC(=O)N(C)C)cc4)[C@H]4C(=O)OC(CC34C(=O)N(C)[C@H](Cc3ccccc3)C(=O)N[C@H](CO)CCC(=O)OC(C)(C)C)[C@@H]2O1. The van der Waals surface area contributed by atoms with Gasteiger partial charge in [0.25, 0.3) is 0 Å². The first-order valence-corrected chi connectivity index (χ1v) is 23.9. The normalized spacial score (nSPS) is 25.2. The fourth-order valence-electron chi connectivity index (χ4n) is 9.81. The molecule has 66 heavy (non-hydrogen) atoms. The first kappa shape index (κ1) is 50.7. The summed E-state index contributed by atoms with van der Waals surface area (Å²) in [5, 5.41) is 14.9. The molecule has 3 amide bonds. The predicted molar refractivity (Wildman–Crippen MR) is 247 cm³/mol. The van der Waals surface area contributed by atoms with Crippen LogP contribution in [0.25, 0.3) is 6.08 Å². The lowest BCUT2D eigenvalue weighted by Gasteiger charge is -2.50. The molecule has 4 aliphatic rings. The van der Waals surface area contributed by atoms with E-state index in [4.69, 9.17) is 23.8 Å². The minimum Gasteiger partial charge on any atom is -0.460 e. The zero-order valence-corrected chi connectivity index (χ0v) is 40.2. The van der Waals surface area contributed by atoms with Gasteiger partial charge >= 0.3 is 11.9 Å². The fraction of sp³-hybridized carbons (Fsp3) is 0.627. The van der Waals surface area contributed by atoms with Crippen LogP contribution in [0, 0.1) is 5.41 Å². The van der Waals surface area contributed by atoms with Crippen molar-refractivity contribution in [2.45, 2.75) is 172 Å². The number of nitrogens with one attached hydrogen (secondary N) is 1. The summed E-state index contributed by atoms with van der Waals surface area (Å²) in [5.41, 5.74) is 0.122. The Morgan fingerprint density at radius 1 is 0.924 bits per heavy atom. The molecule has 0 spiro atoms. The second kappa shape index (κ2) is 22.0. The summed E-state index contributed by atoms with van der Waals surface area (Å²) in [6.07, 6.45) is 7.24. The standard InChI is InChI=1S/C51H72N4O11/c1-9-11-16-28-50(29-17-12-10-2)64-42-39-31-51(44(47(60)62-39)55(66-45(51)43(42)65-50)32-36-22-20-34(21-23-36)24-26-40(57)53(6)7)48(61)54(8)38(30-35-18-14-13-15-19-35)46(59)52-37(33-56)25-27-41(58)63-49(3,4)5/h13-15,18-24,26,37-39,42-45,56H,9-12,16-17,25,27-33H2,1-8H3,(H,52,59)/t37-,38+,39?,42-,43-,44-,45+,51?/m0/s1. The Morgan fingerprint density at radius 3 is 2.18 bits per heavy atom. The number of hydroxylamine groups is 2. The number of benzene rings is 2. The Kier molecular flexibility index (Phi) is 16.9. The first-order chi connectivity index (χ1) is 31.4. The number of carbonyl (C=O) groups excluding carboxylic acids is 5. The number of hydrogen-bond acceptors (Lipinski definition) is 12. The van der Waals surface area contributed by atoms with Gasteiger partial charge in [-0.05, 0) is 62.8 Å². The maximum absolute atomic E-state index is 15.9. The second-order valence-electron chi connectivity index (χ2n) is 19.7. The number of unbranched alkanes of at least 4 members (excludes halogenated alkanes) is 4. The van der Waals surface area contributed by atoms with Gasteiger partial charge in [0, 0.05) is 59.3 Å². The molecule has 3 saturated heterocycles. The fourth-order valence-corrected chi connectivity index (χ4v) is 9.81. The summed E-state index contributed by atoms with van der Waals surface area (Å²) in [6.45, 7) is 9.26. The third-order valence-electron chi connectivity index (χ3n) is 13.2. The highest BCUT2D eigenvalue weighted by atomic mass is 16.8. The molecule has 0 radical (unpaired) electrons. The van der Waals surface area contributed by atoms with Crippen molar-refractivity contribution < 1.29 is 52.9 Å². The number of esters is 2. The second-order valence-corrected chi connectivity index (χ2v) is 19.7. The molecule has 1 aliphatic carbocycles. The van der Waals surface area contributed by atoms with Crippen LogP contribution >= 0.6 is 0 Å². The summed E-state index contributed by atoms with van der Waals surface area (Å²) < 4.78 is 25.8. The zero-order chi connectivity index (χ0) is 47.8. The van der Waals surface area contributed by atoms with E-state index in [2.05, 4.69) is 19.2 Å². The molecule has 3 aliphatic heterocycles. The monoisotopic (exact) mass is 917 g/mol. The van der Waals surface area contributed by atoms with Gasteiger partial charge in [0.1, 0.15) is 41.5 Å². The summed E-state index contributed by atoms with van der Waals surface area (Å²) in [7, 11) is 4.94. The number of fused-ring (bicyclic) bond motifs is 4. The first-order valence-electron chi connectivity index (χ1n) is 23.9. The minimum atomic E-state index is -1.56. The van der Waals surface area contributed by atoms with Crippen molar-refractivity contribution in [3.63, 3.8) is 0 Å². The highest BCUT2D eigenvalue weighted by Crippen LogP contribution is 2.58. The van der Waals surface area contributed by atoms with Gasteiger partial charge in [0.05, 0.1) is 19.2 Å². The average molecular weight is 917 g/mol. The molecule has 6 rings (SSSR count). The van der Waals surface area contributed by atoms with E-state index < -0.39 is 89.7 Å². The van der Waals surface area contributed by atoms with E-state index in [9.17, 15) is 24.3 Å². The van der Waals surface area contributed by atoms with E-state index in [0.29, 0.717) is 12.8 Å². The van der Waals surface area contributed by atoms with Crippen molar-refractivity contribution >= 4 is 35.7 Å². The van der Waals surface area contributed by atoms with Crippen molar-refractivity contribution in [1.29, 1.82) is 0 Å².